The molecule has 1 aromatic rings. The standard InChI is InChI=1S/C9H18N2O6P2S/c1-3-4-5-11(8-10-6-7(2)20-8)9(18(12,13)14)19(15,16)17/h6,9H,3-5H2,1-2H3,(H2,12,13,14)(H2,15,16,17). The molecular formula is C9H18N2O6P2S. The van der Waals surface area contributed by atoms with E-state index in [9.17, 15) is 28.7 Å². The van der Waals surface area contributed by atoms with Crippen molar-refractivity contribution in [3.05, 3.63) is 11.1 Å². The number of hydrogen-bond donors (Lipinski definition) is 4. The van der Waals surface area contributed by atoms with Gasteiger partial charge in [-0.15, -0.1) is 11.3 Å². The summed E-state index contributed by atoms with van der Waals surface area (Å²) in [5, 5.41) is 0.201. The van der Waals surface area contributed by atoms with Crippen molar-refractivity contribution in [1.82, 2.24) is 4.98 Å². The average molecular weight is 344 g/mol. The summed E-state index contributed by atoms with van der Waals surface area (Å²) < 4.78 is 23.0. The van der Waals surface area contributed by atoms with E-state index in [2.05, 4.69) is 4.98 Å². The van der Waals surface area contributed by atoms with Gasteiger partial charge in [-0.3, -0.25) is 9.13 Å². The highest BCUT2D eigenvalue weighted by molar-refractivity contribution is 7.71. The summed E-state index contributed by atoms with van der Waals surface area (Å²) in [4.78, 5) is 43.0. The smallest absolute Gasteiger partial charge is 0.324 e. The number of aromatic nitrogens is 1. The van der Waals surface area contributed by atoms with Crippen LogP contribution in [0.5, 0.6) is 0 Å². The molecule has 4 N–H and O–H groups in total. The third kappa shape index (κ3) is 4.63. The Morgan fingerprint density at radius 1 is 1.30 bits per heavy atom. The molecule has 0 aliphatic carbocycles. The van der Waals surface area contributed by atoms with E-state index >= 15 is 0 Å². The van der Waals surface area contributed by atoms with Gasteiger partial charge in [0.1, 0.15) is 0 Å². The number of unbranched alkanes of at least 4 members (excludes halogenated alkanes) is 1. The van der Waals surface area contributed by atoms with E-state index in [1.165, 1.54) is 6.20 Å². The van der Waals surface area contributed by atoms with Crippen LogP contribution in [-0.4, -0.2) is 36.6 Å². The van der Waals surface area contributed by atoms with E-state index in [-0.39, 0.29) is 11.7 Å². The molecule has 11 heteroatoms. The SMILES string of the molecule is CCCCN(c1ncc(C)s1)C(P(=O)(O)O)P(=O)(O)O. The molecule has 0 aromatic carbocycles. The van der Waals surface area contributed by atoms with Gasteiger partial charge in [0.25, 0.3) is 0 Å². The second-order valence-electron chi connectivity index (χ2n) is 4.33. The van der Waals surface area contributed by atoms with Crippen LogP contribution in [0.15, 0.2) is 6.20 Å². The number of hydrogen-bond acceptors (Lipinski definition) is 5. The summed E-state index contributed by atoms with van der Waals surface area (Å²) in [5.41, 5.74) is -2.19. The van der Waals surface area contributed by atoms with Crippen molar-refractivity contribution >= 4 is 31.7 Å². The molecular weight excluding hydrogens is 326 g/mol. The van der Waals surface area contributed by atoms with E-state index in [1.54, 1.807) is 6.92 Å². The van der Waals surface area contributed by atoms with Gasteiger partial charge in [-0.1, -0.05) is 13.3 Å². The van der Waals surface area contributed by atoms with Gasteiger partial charge in [0.15, 0.2) is 5.13 Å². The molecule has 0 unspecified atom stereocenters. The molecule has 0 spiro atoms. The van der Waals surface area contributed by atoms with E-state index < -0.39 is 20.7 Å². The van der Waals surface area contributed by atoms with Crippen LogP contribution >= 0.6 is 26.5 Å². The van der Waals surface area contributed by atoms with Crippen LogP contribution in [0.2, 0.25) is 0 Å². The van der Waals surface area contributed by atoms with Gasteiger partial charge in [0.05, 0.1) is 0 Å². The van der Waals surface area contributed by atoms with Crippen LogP contribution in [0.1, 0.15) is 24.6 Å². The van der Waals surface area contributed by atoms with E-state index in [0.717, 1.165) is 27.5 Å². The summed E-state index contributed by atoms with van der Waals surface area (Å²) in [6.45, 7) is 3.74. The lowest BCUT2D eigenvalue weighted by molar-refractivity contribution is 0.335. The van der Waals surface area contributed by atoms with Crippen molar-refractivity contribution < 1.29 is 28.7 Å². The molecule has 0 atom stereocenters. The minimum absolute atomic E-state index is 0.115. The Kier molecular flexibility index (Phi) is 5.92. The van der Waals surface area contributed by atoms with Gasteiger partial charge >= 0.3 is 15.2 Å². The maximum Gasteiger partial charge on any atom is 0.360 e. The maximum absolute atomic E-state index is 11.5. The van der Waals surface area contributed by atoms with Crippen LogP contribution in [0.3, 0.4) is 0 Å². The average Bonchev–Trinajstić information content (AvgIpc) is 2.67. The molecule has 0 aliphatic heterocycles. The number of thiazole rings is 1. The van der Waals surface area contributed by atoms with Crippen molar-refractivity contribution in [2.45, 2.75) is 32.2 Å². The summed E-state index contributed by atoms with van der Waals surface area (Å²) in [6, 6.07) is 0. The van der Waals surface area contributed by atoms with Gasteiger partial charge in [0, 0.05) is 17.6 Å². The summed E-state index contributed by atoms with van der Waals surface area (Å²) in [7, 11) is -10.0. The van der Waals surface area contributed by atoms with Crippen LogP contribution in [0.25, 0.3) is 0 Å². The number of nitrogens with zero attached hydrogens (tertiary/aromatic N) is 2. The minimum Gasteiger partial charge on any atom is -0.324 e. The normalized spacial score (nSPS) is 12.9. The van der Waals surface area contributed by atoms with Crippen LogP contribution in [0, 0.1) is 6.92 Å². The fraction of sp³-hybridized carbons (Fsp3) is 0.667. The Labute approximate surface area is 120 Å². The third-order valence-electron chi connectivity index (χ3n) is 2.49. The monoisotopic (exact) mass is 344 g/mol. The molecule has 1 aromatic heterocycles. The van der Waals surface area contributed by atoms with Crippen molar-refractivity contribution in [2.75, 3.05) is 11.4 Å². The Morgan fingerprint density at radius 3 is 2.20 bits per heavy atom. The zero-order valence-corrected chi connectivity index (χ0v) is 13.7. The summed E-state index contributed by atoms with van der Waals surface area (Å²) >= 11 is 1.13. The van der Waals surface area contributed by atoms with Crippen molar-refractivity contribution in [3.63, 3.8) is 0 Å². The quantitative estimate of drug-likeness (QED) is 0.550. The predicted octanol–water partition coefficient (Wildman–Crippen LogP) is 1.70. The highest BCUT2D eigenvalue weighted by Crippen LogP contribution is 2.61. The molecule has 8 nitrogen and oxygen atoms in total. The summed E-state index contributed by atoms with van der Waals surface area (Å²) in [5.74, 6) is 0. The van der Waals surface area contributed by atoms with Gasteiger partial charge in [-0.25, -0.2) is 4.98 Å². The first-order chi connectivity index (χ1) is 9.07. The van der Waals surface area contributed by atoms with Crippen LogP contribution < -0.4 is 4.90 Å². The van der Waals surface area contributed by atoms with Crippen LogP contribution in [0.4, 0.5) is 5.13 Å². The van der Waals surface area contributed by atoms with Crippen LogP contribution in [-0.2, 0) is 9.13 Å². The first-order valence-electron chi connectivity index (χ1n) is 5.87. The third-order valence-corrected chi connectivity index (χ3v) is 7.00. The Morgan fingerprint density at radius 2 is 1.85 bits per heavy atom. The zero-order valence-electron chi connectivity index (χ0n) is 11.1. The van der Waals surface area contributed by atoms with E-state index in [1.807, 2.05) is 6.92 Å². The lowest BCUT2D eigenvalue weighted by Gasteiger charge is -2.31. The fourth-order valence-corrected chi connectivity index (χ4v) is 5.39. The van der Waals surface area contributed by atoms with Crippen molar-refractivity contribution in [1.29, 1.82) is 0 Å². The van der Waals surface area contributed by atoms with E-state index in [0.29, 0.717) is 6.42 Å². The number of aryl methyl sites for hydroxylation is 1. The molecule has 0 aliphatic rings. The maximum atomic E-state index is 11.5. The van der Waals surface area contributed by atoms with Gasteiger partial charge in [-0.05, 0) is 13.3 Å². The largest absolute Gasteiger partial charge is 0.360 e. The molecule has 0 saturated heterocycles. The first-order valence-corrected chi connectivity index (χ1v) is 10.0. The Bertz CT molecular complexity index is 516. The van der Waals surface area contributed by atoms with E-state index in [4.69, 9.17) is 0 Å². The second-order valence-corrected chi connectivity index (χ2v) is 9.28. The Hall–Kier alpha value is -0.270. The summed E-state index contributed by atoms with van der Waals surface area (Å²) in [6.07, 6.45) is 2.75. The molecule has 1 heterocycles. The van der Waals surface area contributed by atoms with Gasteiger partial charge in [0.2, 0.25) is 5.52 Å². The number of anilines is 1. The van der Waals surface area contributed by atoms with Gasteiger partial charge in [-0.2, -0.15) is 0 Å². The van der Waals surface area contributed by atoms with Crippen molar-refractivity contribution in [2.24, 2.45) is 0 Å². The number of rotatable bonds is 7. The molecule has 116 valence electrons. The van der Waals surface area contributed by atoms with Gasteiger partial charge < -0.3 is 24.5 Å². The lowest BCUT2D eigenvalue weighted by Crippen LogP contribution is -2.36. The highest BCUT2D eigenvalue weighted by atomic mass is 32.1. The zero-order chi connectivity index (χ0) is 15.6. The predicted molar refractivity (Wildman–Crippen MR) is 77.0 cm³/mol. The molecule has 0 saturated carbocycles. The topological polar surface area (TPSA) is 131 Å². The molecule has 0 amide bonds. The van der Waals surface area contributed by atoms with Crippen molar-refractivity contribution in [3.8, 4) is 0 Å². The molecule has 0 radical (unpaired) electrons. The molecule has 20 heavy (non-hydrogen) atoms. The fourth-order valence-electron chi connectivity index (χ4n) is 1.67. The second kappa shape index (κ2) is 6.66. The Balaban J connectivity index is 3.25. The lowest BCUT2D eigenvalue weighted by atomic mass is 10.3. The molecule has 1 rings (SSSR count). The minimum atomic E-state index is -5.02. The highest BCUT2D eigenvalue weighted by Gasteiger charge is 2.48. The first kappa shape index (κ1) is 17.8. The molecule has 0 fully saturated rings. The molecule has 0 bridgehead atoms.